The average Bonchev–Trinajstić information content (AvgIpc) is 2.39. The minimum atomic E-state index is 0.657. The minimum absolute atomic E-state index is 0.657. The summed E-state index contributed by atoms with van der Waals surface area (Å²) in [5.74, 6) is 2.27. The number of likely N-dealkylation sites (N-methyl/N-ethyl adjacent to an activating group) is 1. The van der Waals surface area contributed by atoms with E-state index in [1.165, 1.54) is 0 Å². The summed E-state index contributed by atoms with van der Waals surface area (Å²) in [6.45, 7) is 0.874. The van der Waals surface area contributed by atoms with Gasteiger partial charge in [-0.3, -0.25) is 0 Å². The number of para-hydroxylation sites is 1. The van der Waals surface area contributed by atoms with Gasteiger partial charge in [-0.1, -0.05) is 18.2 Å². The standard InChI is InChI=1S/C13H15N3O/c1-14-8-7-13-15-9-12(10-16-13)17-11-5-3-2-4-6-11/h2-6,9-10,14H,7-8H2,1H3. The van der Waals surface area contributed by atoms with Gasteiger partial charge in [0.05, 0.1) is 12.4 Å². The van der Waals surface area contributed by atoms with Gasteiger partial charge < -0.3 is 10.1 Å². The molecular formula is C13H15N3O. The molecule has 1 heterocycles. The van der Waals surface area contributed by atoms with Crippen molar-refractivity contribution in [3.05, 3.63) is 48.5 Å². The Hall–Kier alpha value is -1.94. The molecule has 0 spiro atoms. The first kappa shape index (κ1) is 11.5. The molecule has 0 bridgehead atoms. The summed E-state index contributed by atoms with van der Waals surface area (Å²) < 4.78 is 5.60. The summed E-state index contributed by atoms with van der Waals surface area (Å²) >= 11 is 0. The van der Waals surface area contributed by atoms with Crippen LogP contribution in [0.5, 0.6) is 11.5 Å². The highest BCUT2D eigenvalue weighted by Gasteiger charge is 1.99. The lowest BCUT2D eigenvalue weighted by molar-refractivity contribution is 0.476. The molecule has 17 heavy (non-hydrogen) atoms. The van der Waals surface area contributed by atoms with E-state index in [1.54, 1.807) is 12.4 Å². The number of ether oxygens (including phenoxy) is 1. The van der Waals surface area contributed by atoms with Crippen LogP contribution in [0, 0.1) is 0 Å². The first-order valence-electron chi connectivity index (χ1n) is 5.57. The zero-order chi connectivity index (χ0) is 11.9. The molecule has 0 fully saturated rings. The molecule has 0 saturated heterocycles. The Labute approximate surface area is 101 Å². The number of nitrogens with one attached hydrogen (secondary N) is 1. The zero-order valence-electron chi connectivity index (χ0n) is 9.76. The van der Waals surface area contributed by atoms with Crippen LogP contribution in [0.4, 0.5) is 0 Å². The highest BCUT2D eigenvalue weighted by Crippen LogP contribution is 2.18. The number of rotatable bonds is 5. The van der Waals surface area contributed by atoms with Crippen LogP contribution < -0.4 is 10.1 Å². The van der Waals surface area contributed by atoms with Crippen LogP contribution in [0.3, 0.4) is 0 Å². The van der Waals surface area contributed by atoms with Crippen molar-refractivity contribution >= 4 is 0 Å². The van der Waals surface area contributed by atoms with E-state index < -0.39 is 0 Å². The molecule has 4 heteroatoms. The van der Waals surface area contributed by atoms with E-state index in [-0.39, 0.29) is 0 Å². The summed E-state index contributed by atoms with van der Waals surface area (Å²) in [5, 5.41) is 3.06. The summed E-state index contributed by atoms with van der Waals surface area (Å²) in [6, 6.07) is 9.60. The summed E-state index contributed by atoms with van der Waals surface area (Å²) in [6.07, 6.45) is 4.22. The quantitative estimate of drug-likeness (QED) is 0.852. The second-order valence-corrected chi connectivity index (χ2v) is 3.60. The molecule has 0 unspecified atom stereocenters. The lowest BCUT2D eigenvalue weighted by atomic mass is 10.3. The molecule has 0 radical (unpaired) electrons. The van der Waals surface area contributed by atoms with Crippen molar-refractivity contribution in [3.63, 3.8) is 0 Å². The molecule has 0 atom stereocenters. The van der Waals surface area contributed by atoms with Crippen molar-refractivity contribution in [2.24, 2.45) is 0 Å². The number of hydrogen-bond acceptors (Lipinski definition) is 4. The van der Waals surface area contributed by atoms with Crippen molar-refractivity contribution < 1.29 is 4.74 Å². The molecule has 1 N–H and O–H groups in total. The average molecular weight is 229 g/mol. The second kappa shape index (κ2) is 5.96. The Bertz CT molecular complexity index is 442. The van der Waals surface area contributed by atoms with Gasteiger partial charge >= 0.3 is 0 Å². The summed E-state index contributed by atoms with van der Waals surface area (Å²) in [5.41, 5.74) is 0. The van der Waals surface area contributed by atoms with Gasteiger partial charge in [0.25, 0.3) is 0 Å². The smallest absolute Gasteiger partial charge is 0.164 e. The Morgan fingerprint density at radius 3 is 2.41 bits per heavy atom. The number of benzene rings is 1. The lowest BCUT2D eigenvalue weighted by Crippen LogP contribution is -2.12. The van der Waals surface area contributed by atoms with E-state index in [0.29, 0.717) is 5.75 Å². The topological polar surface area (TPSA) is 47.0 Å². The van der Waals surface area contributed by atoms with Crippen LogP contribution in [0.15, 0.2) is 42.7 Å². The van der Waals surface area contributed by atoms with Gasteiger partial charge in [-0.25, -0.2) is 9.97 Å². The maximum atomic E-state index is 5.60. The fourth-order valence-electron chi connectivity index (χ4n) is 1.39. The number of hydrogen-bond donors (Lipinski definition) is 1. The van der Waals surface area contributed by atoms with E-state index >= 15 is 0 Å². The minimum Gasteiger partial charge on any atom is -0.454 e. The summed E-state index contributed by atoms with van der Waals surface area (Å²) in [4.78, 5) is 8.47. The molecule has 4 nitrogen and oxygen atoms in total. The predicted octanol–water partition coefficient (Wildman–Crippen LogP) is 2.03. The predicted molar refractivity (Wildman–Crippen MR) is 66.2 cm³/mol. The maximum absolute atomic E-state index is 5.60. The molecule has 0 aliphatic carbocycles. The van der Waals surface area contributed by atoms with E-state index in [2.05, 4.69) is 15.3 Å². The normalized spacial score (nSPS) is 10.2. The van der Waals surface area contributed by atoms with Gasteiger partial charge in [0.2, 0.25) is 0 Å². The Balaban J connectivity index is 1.98. The van der Waals surface area contributed by atoms with Crippen molar-refractivity contribution in [2.75, 3.05) is 13.6 Å². The number of aromatic nitrogens is 2. The molecule has 88 valence electrons. The van der Waals surface area contributed by atoms with Gasteiger partial charge in [0, 0.05) is 13.0 Å². The number of nitrogens with zero attached hydrogens (tertiary/aromatic N) is 2. The Morgan fingerprint density at radius 2 is 1.76 bits per heavy atom. The van der Waals surface area contributed by atoms with E-state index in [4.69, 9.17) is 4.74 Å². The van der Waals surface area contributed by atoms with Crippen LogP contribution >= 0.6 is 0 Å². The van der Waals surface area contributed by atoms with E-state index in [9.17, 15) is 0 Å². The Morgan fingerprint density at radius 1 is 1.06 bits per heavy atom. The van der Waals surface area contributed by atoms with Gasteiger partial charge in [-0.05, 0) is 19.2 Å². The van der Waals surface area contributed by atoms with Gasteiger partial charge in [0.1, 0.15) is 11.6 Å². The molecule has 0 amide bonds. The van der Waals surface area contributed by atoms with Gasteiger partial charge in [-0.2, -0.15) is 0 Å². The van der Waals surface area contributed by atoms with Crippen LogP contribution in [0.2, 0.25) is 0 Å². The molecule has 1 aromatic heterocycles. The summed E-state index contributed by atoms with van der Waals surface area (Å²) in [7, 11) is 1.91. The monoisotopic (exact) mass is 229 g/mol. The fraction of sp³-hybridized carbons (Fsp3) is 0.231. The molecular weight excluding hydrogens is 214 g/mol. The van der Waals surface area contributed by atoms with Crippen molar-refractivity contribution in [3.8, 4) is 11.5 Å². The second-order valence-electron chi connectivity index (χ2n) is 3.60. The van der Waals surface area contributed by atoms with Crippen molar-refractivity contribution in [1.29, 1.82) is 0 Å². The van der Waals surface area contributed by atoms with Crippen LogP contribution in [0.25, 0.3) is 0 Å². The maximum Gasteiger partial charge on any atom is 0.164 e. The molecule has 1 aromatic carbocycles. The first-order valence-corrected chi connectivity index (χ1v) is 5.57. The van der Waals surface area contributed by atoms with Gasteiger partial charge in [0.15, 0.2) is 5.75 Å². The molecule has 0 aliphatic rings. The first-order chi connectivity index (χ1) is 8.38. The van der Waals surface area contributed by atoms with Gasteiger partial charge in [-0.15, -0.1) is 0 Å². The lowest BCUT2D eigenvalue weighted by Gasteiger charge is -2.05. The molecule has 2 aromatic rings. The Kier molecular flexibility index (Phi) is 4.05. The van der Waals surface area contributed by atoms with Crippen LogP contribution in [0.1, 0.15) is 5.82 Å². The third kappa shape index (κ3) is 3.53. The molecule has 2 rings (SSSR count). The molecule has 0 saturated carbocycles. The highest BCUT2D eigenvalue weighted by molar-refractivity contribution is 5.27. The largest absolute Gasteiger partial charge is 0.454 e. The van der Waals surface area contributed by atoms with Crippen LogP contribution in [-0.2, 0) is 6.42 Å². The van der Waals surface area contributed by atoms with Crippen LogP contribution in [-0.4, -0.2) is 23.6 Å². The SMILES string of the molecule is CNCCc1ncc(Oc2ccccc2)cn1. The fourth-order valence-corrected chi connectivity index (χ4v) is 1.39. The highest BCUT2D eigenvalue weighted by atomic mass is 16.5. The third-order valence-corrected chi connectivity index (χ3v) is 2.26. The third-order valence-electron chi connectivity index (χ3n) is 2.26. The van der Waals surface area contributed by atoms with E-state index in [1.807, 2.05) is 37.4 Å². The van der Waals surface area contributed by atoms with Crippen molar-refractivity contribution in [2.45, 2.75) is 6.42 Å². The van der Waals surface area contributed by atoms with E-state index in [0.717, 1.165) is 24.5 Å². The molecule has 0 aliphatic heterocycles. The van der Waals surface area contributed by atoms with Crippen molar-refractivity contribution in [1.82, 2.24) is 15.3 Å². The zero-order valence-corrected chi connectivity index (χ0v) is 9.76.